The highest BCUT2D eigenvalue weighted by Crippen LogP contribution is 2.13. The summed E-state index contributed by atoms with van der Waals surface area (Å²) in [4.78, 5) is 14.2. The Hall–Kier alpha value is -1.71. The summed E-state index contributed by atoms with van der Waals surface area (Å²) in [6, 6.07) is 0. The second-order valence-electron chi connectivity index (χ2n) is 10.1. The lowest BCUT2D eigenvalue weighted by atomic mass is 10.3. The van der Waals surface area contributed by atoms with Crippen LogP contribution >= 0.6 is 0 Å². The Bertz CT molecular complexity index is 581. The molecule has 36 heavy (non-hydrogen) atoms. The fourth-order valence-electron chi connectivity index (χ4n) is 5.26. The van der Waals surface area contributed by atoms with Gasteiger partial charge < -0.3 is 29.4 Å². The Morgan fingerprint density at radius 1 is 0.389 bits per heavy atom. The average Bonchev–Trinajstić information content (AvgIpc) is 2.92. The zero-order chi connectivity index (χ0) is 27.1. The minimum absolute atomic E-state index is 0.654. The second kappa shape index (κ2) is 16.2. The van der Waals surface area contributed by atoms with Crippen LogP contribution in [0, 0.1) is 0 Å². The van der Waals surface area contributed by atoms with Gasteiger partial charge in [-0.3, -0.25) is 0 Å². The molecule has 0 fully saturated rings. The van der Waals surface area contributed by atoms with Gasteiger partial charge in [0.15, 0.2) is 0 Å². The van der Waals surface area contributed by atoms with Gasteiger partial charge in [0.2, 0.25) is 17.8 Å². The van der Waals surface area contributed by atoms with Crippen LogP contribution in [0.1, 0.15) is 62.3 Å². The molecular weight excluding hydrogens is 450 g/mol. The van der Waals surface area contributed by atoms with E-state index in [-0.39, 0.29) is 0 Å². The van der Waals surface area contributed by atoms with Gasteiger partial charge >= 0.3 is 0 Å². The number of hydrogen-bond donors (Lipinski definition) is 3. The van der Waals surface area contributed by atoms with E-state index in [1.54, 1.807) is 0 Å². The zero-order valence-electron chi connectivity index (χ0n) is 25.3. The summed E-state index contributed by atoms with van der Waals surface area (Å²) in [5.74, 6) is 1.96. The summed E-state index contributed by atoms with van der Waals surface area (Å²) in [6.45, 7) is 36.5. The van der Waals surface area contributed by atoms with Gasteiger partial charge in [-0.15, -0.1) is 0 Å². The van der Waals surface area contributed by atoms with Gasteiger partial charge in [0.05, 0.1) is 98.2 Å². The topological polar surface area (TPSA) is 74.8 Å². The molecule has 0 amide bonds. The molecule has 0 atom stereocenters. The smallest absolute Gasteiger partial charge is 0.229 e. The van der Waals surface area contributed by atoms with E-state index in [0.717, 1.165) is 112 Å². The fourth-order valence-corrected chi connectivity index (χ4v) is 5.26. The summed E-state index contributed by atoms with van der Waals surface area (Å²) >= 11 is 0. The van der Waals surface area contributed by atoms with Gasteiger partial charge in [0, 0.05) is 0 Å². The summed E-state index contributed by atoms with van der Waals surface area (Å²) in [7, 11) is 0. The monoisotopic (exact) mass is 510 g/mol. The number of nitrogens with one attached hydrogen (secondary N) is 3. The van der Waals surface area contributed by atoms with Crippen LogP contribution in [-0.2, 0) is 0 Å². The van der Waals surface area contributed by atoms with Crippen molar-refractivity contribution in [3.05, 3.63) is 0 Å². The Morgan fingerprint density at radius 3 is 0.750 bits per heavy atom. The first-order valence-corrected chi connectivity index (χ1v) is 14.8. The molecule has 1 aromatic rings. The van der Waals surface area contributed by atoms with Crippen molar-refractivity contribution in [3.8, 4) is 0 Å². The third-order valence-corrected chi connectivity index (χ3v) is 9.28. The molecule has 1 rings (SSSR count). The van der Waals surface area contributed by atoms with Crippen molar-refractivity contribution in [1.29, 1.82) is 0 Å². The molecule has 9 nitrogen and oxygen atoms in total. The van der Waals surface area contributed by atoms with Gasteiger partial charge in [0.25, 0.3) is 0 Å². The minimum Gasteiger partial charge on any atom is -0.348 e. The predicted octanol–water partition coefficient (Wildman–Crippen LogP) is 3.74. The van der Waals surface area contributed by atoms with Crippen molar-refractivity contribution in [1.82, 2.24) is 15.0 Å². The fraction of sp³-hybridized carbons (Fsp3) is 0.889. The van der Waals surface area contributed by atoms with Gasteiger partial charge in [-0.05, 0) is 62.3 Å². The highest BCUT2D eigenvalue weighted by atomic mass is 15.4. The number of likely N-dealkylation sites (N-methyl/N-ethyl adjacent to an activating group) is 3. The second-order valence-corrected chi connectivity index (χ2v) is 10.1. The number of nitrogens with zero attached hydrogens (tertiary/aromatic N) is 6. The van der Waals surface area contributed by atoms with Crippen molar-refractivity contribution in [2.45, 2.75) is 62.3 Å². The van der Waals surface area contributed by atoms with E-state index in [0.29, 0.717) is 17.8 Å². The van der Waals surface area contributed by atoms with Crippen LogP contribution in [0.4, 0.5) is 17.8 Å². The summed E-state index contributed by atoms with van der Waals surface area (Å²) < 4.78 is 3.30. The summed E-state index contributed by atoms with van der Waals surface area (Å²) in [6.07, 6.45) is 0. The number of aromatic nitrogens is 3. The largest absolute Gasteiger partial charge is 0.348 e. The number of quaternary nitrogens is 3. The maximum absolute atomic E-state index is 4.73. The maximum Gasteiger partial charge on any atom is 0.229 e. The zero-order valence-corrected chi connectivity index (χ0v) is 25.3. The molecule has 0 saturated carbocycles. The first-order valence-electron chi connectivity index (χ1n) is 14.8. The van der Waals surface area contributed by atoms with Crippen LogP contribution in [0.25, 0.3) is 0 Å². The third kappa shape index (κ3) is 9.30. The molecule has 0 unspecified atom stereocenters. The van der Waals surface area contributed by atoms with E-state index in [1.807, 2.05) is 0 Å². The molecule has 0 bridgehead atoms. The summed E-state index contributed by atoms with van der Waals surface area (Å²) in [5.41, 5.74) is 0. The maximum atomic E-state index is 4.73. The van der Waals surface area contributed by atoms with E-state index in [4.69, 9.17) is 15.0 Å². The molecule has 210 valence electrons. The summed E-state index contributed by atoms with van der Waals surface area (Å²) in [5, 5.41) is 10.5. The van der Waals surface area contributed by atoms with Crippen molar-refractivity contribution in [3.63, 3.8) is 0 Å². The van der Waals surface area contributed by atoms with Gasteiger partial charge in [-0.2, -0.15) is 15.0 Å². The van der Waals surface area contributed by atoms with Gasteiger partial charge in [-0.1, -0.05) is 0 Å². The highest BCUT2D eigenvalue weighted by molar-refractivity contribution is 5.42. The Balaban J connectivity index is 2.97. The number of hydrogen-bond acceptors (Lipinski definition) is 6. The van der Waals surface area contributed by atoms with Crippen LogP contribution in [-0.4, -0.2) is 127 Å². The predicted molar refractivity (Wildman–Crippen MR) is 156 cm³/mol. The molecule has 0 aromatic carbocycles. The molecule has 1 heterocycles. The van der Waals surface area contributed by atoms with E-state index >= 15 is 0 Å². The lowest BCUT2D eigenvalue weighted by molar-refractivity contribution is -0.921. The van der Waals surface area contributed by atoms with Crippen LogP contribution in [0.15, 0.2) is 0 Å². The van der Waals surface area contributed by atoms with Gasteiger partial charge in [0.1, 0.15) is 0 Å². The van der Waals surface area contributed by atoms with E-state index < -0.39 is 0 Å². The number of rotatable bonds is 21. The van der Waals surface area contributed by atoms with Crippen LogP contribution in [0.5, 0.6) is 0 Å². The third-order valence-electron chi connectivity index (χ3n) is 9.28. The van der Waals surface area contributed by atoms with Crippen molar-refractivity contribution in [2.24, 2.45) is 0 Å². The first-order chi connectivity index (χ1) is 17.3. The lowest BCUT2D eigenvalue weighted by Crippen LogP contribution is -2.50. The average molecular weight is 511 g/mol. The minimum atomic E-state index is 0.654. The molecule has 0 saturated heterocycles. The van der Waals surface area contributed by atoms with E-state index in [2.05, 4.69) is 78.3 Å². The van der Waals surface area contributed by atoms with Crippen molar-refractivity contribution in [2.75, 3.05) is 114 Å². The standard InChI is InChI=1S/C27H60N9/c1-10-34(11-2,12-3)22-19-28-25-31-26(29-20-23-35(13-4,14-5)15-6)33-27(32-25)30-21-24-36(16-7,17-8)18-9/h10-24H2,1-9H3,(H3,28,29,30,31,32,33)/q+3. The van der Waals surface area contributed by atoms with E-state index in [1.165, 1.54) is 0 Å². The molecule has 0 radical (unpaired) electrons. The molecule has 0 aliphatic heterocycles. The molecule has 9 heteroatoms. The Labute approximate surface area is 222 Å². The molecule has 0 aliphatic carbocycles. The highest BCUT2D eigenvalue weighted by Gasteiger charge is 2.22. The van der Waals surface area contributed by atoms with Crippen LogP contribution < -0.4 is 16.0 Å². The Kier molecular flexibility index (Phi) is 14.5. The quantitative estimate of drug-likeness (QED) is 0.219. The molecule has 1 aromatic heterocycles. The van der Waals surface area contributed by atoms with Gasteiger partial charge in [-0.25, -0.2) is 0 Å². The lowest BCUT2D eigenvalue weighted by Gasteiger charge is -2.36. The number of anilines is 3. The first kappa shape index (κ1) is 32.3. The van der Waals surface area contributed by atoms with E-state index in [9.17, 15) is 0 Å². The van der Waals surface area contributed by atoms with Crippen LogP contribution in [0.3, 0.4) is 0 Å². The normalized spacial score (nSPS) is 12.6. The Morgan fingerprint density at radius 2 is 0.583 bits per heavy atom. The molecular formula is C27H60N9+3. The van der Waals surface area contributed by atoms with Crippen LogP contribution in [0.2, 0.25) is 0 Å². The van der Waals surface area contributed by atoms with Crippen molar-refractivity contribution < 1.29 is 13.4 Å². The SMILES string of the molecule is CC[N+](CC)(CC)CCNc1nc(NCC[N+](CC)(CC)CC)nc(NCC[N+](CC)(CC)CC)n1. The molecule has 0 aliphatic rings. The van der Waals surface area contributed by atoms with Crippen molar-refractivity contribution >= 4 is 17.8 Å². The molecule has 0 spiro atoms. The molecule has 3 N–H and O–H groups in total.